The first-order valence-corrected chi connectivity index (χ1v) is 13.1. The molecule has 36 heavy (non-hydrogen) atoms. The van der Waals surface area contributed by atoms with E-state index in [2.05, 4.69) is 40.3 Å². The van der Waals surface area contributed by atoms with Crippen molar-refractivity contribution in [1.82, 2.24) is 20.0 Å². The molecule has 2 aromatic carbocycles. The van der Waals surface area contributed by atoms with E-state index in [9.17, 15) is 9.18 Å². The van der Waals surface area contributed by atoms with Crippen molar-refractivity contribution in [3.8, 4) is 0 Å². The van der Waals surface area contributed by atoms with E-state index in [4.69, 9.17) is 10.2 Å². The van der Waals surface area contributed by atoms with Crippen LogP contribution in [0.4, 0.5) is 4.39 Å². The number of nitrogens with zero attached hydrogens (tertiary/aromatic N) is 3. The lowest BCUT2D eigenvalue weighted by Gasteiger charge is -2.30. The Morgan fingerprint density at radius 2 is 1.83 bits per heavy atom. The van der Waals surface area contributed by atoms with Crippen molar-refractivity contribution < 1.29 is 14.3 Å². The van der Waals surface area contributed by atoms with Gasteiger partial charge in [-0.2, -0.15) is 5.10 Å². The van der Waals surface area contributed by atoms with Gasteiger partial charge in [-0.25, -0.2) is 4.39 Å². The third kappa shape index (κ3) is 6.02. The summed E-state index contributed by atoms with van der Waals surface area (Å²) < 4.78 is 15.5. The predicted molar refractivity (Wildman–Crippen MR) is 141 cm³/mol. The minimum Gasteiger partial charge on any atom is -0.480 e. The first-order valence-electron chi connectivity index (χ1n) is 13.1. The number of aryl methyl sites for hydroxylation is 2. The van der Waals surface area contributed by atoms with Gasteiger partial charge in [0.15, 0.2) is 0 Å². The lowest BCUT2D eigenvalue weighted by Crippen LogP contribution is -2.36. The molecule has 2 N–H and O–H groups in total. The number of fused-ring (bicyclic) bond motifs is 1. The summed E-state index contributed by atoms with van der Waals surface area (Å²) in [5, 5.41) is 18.8. The molecule has 3 heterocycles. The number of carboxylic acid groups (broad SMARTS) is 1. The second-order valence-electron chi connectivity index (χ2n) is 10.2. The van der Waals surface area contributed by atoms with Gasteiger partial charge in [0.2, 0.25) is 0 Å². The van der Waals surface area contributed by atoms with Gasteiger partial charge in [-0.1, -0.05) is 36.4 Å². The van der Waals surface area contributed by atoms with E-state index in [0.717, 1.165) is 68.8 Å². The number of carbonyl (C=O) groups is 1. The molecule has 6 nitrogen and oxygen atoms in total. The number of allylic oxidation sites excluding steroid dienone is 1. The fourth-order valence-electron chi connectivity index (χ4n) is 5.52. The Balaban J connectivity index is 1.39. The number of likely N-dealkylation sites (tertiary alicyclic amines) is 1. The summed E-state index contributed by atoms with van der Waals surface area (Å²) >= 11 is 0. The topological polar surface area (TPSA) is 70.4 Å². The number of rotatable bonds is 8. The van der Waals surface area contributed by atoms with Gasteiger partial charge < -0.3 is 10.4 Å². The Kier molecular flexibility index (Phi) is 7.78. The smallest absolute Gasteiger partial charge is 0.317 e. The molecule has 0 spiro atoms. The molecule has 1 aromatic heterocycles. The van der Waals surface area contributed by atoms with Gasteiger partial charge in [-0.05, 0) is 93.5 Å². The van der Waals surface area contributed by atoms with Crippen LogP contribution in [-0.4, -0.2) is 58.5 Å². The summed E-state index contributed by atoms with van der Waals surface area (Å²) in [5.74, 6) is -0.0448. The average molecular weight is 491 g/mol. The van der Waals surface area contributed by atoms with Gasteiger partial charge in [0.05, 0.1) is 17.8 Å². The maximum Gasteiger partial charge on any atom is 0.317 e. The summed E-state index contributed by atoms with van der Waals surface area (Å²) in [6.45, 7) is 4.54. The highest BCUT2D eigenvalue weighted by Gasteiger charge is 2.26. The van der Waals surface area contributed by atoms with Crippen molar-refractivity contribution >= 4 is 22.9 Å². The van der Waals surface area contributed by atoms with Crippen LogP contribution in [0.5, 0.6) is 0 Å². The van der Waals surface area contributed by atoms with Crippen molar-refractivity contribution in [2.75, 3.05) is 32.7 Å². The van der Waals surface area contributed by atoms with E-state index in [0.29, 0.717) is 11.8 Å². The first kappa shape index (κ1) is 24.7. The molecule has 2 fully saturated rings. The summed E-state index contributed by atoms with van der Waals surface area (Å²) in [7, 11) is 0. The number of halogens is 1. The molecule has 0 atom stereocenters. The summed E-state index contributed by atoms with van der Waals surface area (Å²) in [4.78, 5) is 13.1. The molecule has 5 rings (SSSR count). The lowest BCUT2D eigenvalue weighted by atomic mass is 9.91. The van der Waals surface area contributed by atoms with E-state index in [1.165, 1.54) is 35.9 Å². The third-order valence-corrected chi connectivity index (χ3v) is 7.61. The van der Waals surface area contributed by atoms with Gasteiger partial charge in [-0.3, -0.25) is 14.4 Å². The molecule has 0 unspecified atom stereocenters. The van der Waals surface area contributed by atoms with Crippen molar-refractivity contribution in [2.24, 2.45) is 5.92 Å². The number of hydrogen-bond acceptors (Lipinski definition) is 4. The van der Waals surface area contributed by atoms with E-state index in [-0.39, 0.29) is 12.4 Å². The van der Waals surface area contributed by atoms with Gasteiger partial charge in [0, 0.05) is 17.8 Å². The Hall–Kier alpha value is -3.03. The molecule has 7 heteroatoms. The minimum atomic E-state index is -0.769. The van der Waals surface area contributed by atoms with Crippen LogP contribution in [0.1, 0.15) is 48.4 Å². The fraction of sp³-hybridized carbons (Fsp3) is 0.448. The second-order valence-corrected chi connectivity index (χ2v) is 10.2. The third-order valence-electron chi connectivity index (χ3n) is 7.61. The van der Waals surface area contributed by atoms with Crippen molar-refractivity contribution in [3.05, 3.63) is 71.2 Å². The lowest BCUT2D eigenvalue weighted by molar-refractivity contribution is -0.138. The van der Waals surface area contributed by atoms with Gasteiger partial charge in [-0.15, -0.1) is 0 Å². The fourth-order valence-corrected chi connectivity index (χ4v) is 5.52. The number of carboxylic acids is 1. The standard InChI is InChI=1S/C29H35FN4O2/c30-25-6-3-21(4-7-25)11-18-34-27-19-23(2-1-22-9-14-31-15-10-22)5-8-26(27)29(32-34)24-12-16-33(17-13-24)20-28(35)36/h1-8,19,22,24,31H,9-18,20H2,(H,35,36)/b2-1+. The molecule has 2 saturated heterocycles. The Morgan fingerprint density at radius 3 is 2.56 bits per heavy atom. The van der Waals surface area contributed by atoms with Gasteiger partial charge in [0.25, 0.3) is 0 Å². The highest BCUT2D eigenvalue weighted by molar-refractivity contribution is 5.85. The zero-order chi connectivity index (χ0) is 24.9. The van der Waals surface area contributed by atoms with Gasteiger partial charge >= 0.3 is 5.97 Å². The molecular weight excluding hydrogens is 455 g/mol. The first-order chi connectivity index (χ1) is 17.5. The second kappa shape index (κ2) is 11.4. The molecule has 2 aliphatic heterocycles. The Bertz CT molecular complexity index is 1210. The molecule has 0 amide bonds. The molecule has 0 aliphatic carbocycles. The van der Waals surface area contributed by atoms with Crippen LogP contribution in [0.3, 0.4) is 0 Å². The quantitative estimate of drug-likeness (QED) is 0.479. The van der Waals surface area contributed by atoms with Crippen molar-refractivity contribution in [2.45, 2.75) is 44.6 Å². The predicted octanol–water partition coefficient (Wildman–Crippen LogP) is 4.69. The summed E-state index contributed by atoms with van der Waals surface area (Å²) in [5.41, 5.74) is 4.53. The highest BCUT2D eigenvalue weighted by atomic mass is 19.1. The maximum atomic E-state index is 13.4. The molecular formula is C29H35FN4O2. The van der Waals surface area contributed by atoms with Crippen LogP contribution >= 0.6 is 0 Å². The van der Waals surface area contributed by atoms with Gasteiger partial charge in [0.1, 0.15) is 5.82 Å². The zero-order valence-corrected chi connectivity index (χ0v) is 20.7. The summed E-state index contributed by atoms with van der Waals surface area (Å²) in [6.07, 6.45) is 9.56. The number of aliphatic carboxylic acids is 1. The molecule has 0 bridgehead atoms. The number of piperidine rings is 2. The van der Waals surface area contributed by atoms with Crippen LogP contribution in [0, 0.1) is 11.7 Å². The number of benzene rings is 2. The number of hydrogen-bond donors (Lipinski definition) is 2. The number of aromatic nitrogens is 2. The normalized spacial score (nSPS) is 18.4. The average Bonchev–Trinajstić information content (AvgIpc) is 3.26. The molecule has 2 aliphatic rings. The Morgan fingerprint density at radius 1 is 1.08 bits per heavy atom. The van der Waals surface area contributed by atoms with Crippen LogP contribution < -0.4 is 5.32 Å². The van der Waals surface area contributed by atoms with E-state index in [1.54, 1.807) is 0 Å². The number of nitrogens with one attached hydrogen (secondary N) is 1. The van der Waals surface area contributed by atoms with Crippen LogP contribution in [0.2, 0.25) is 0 Å². The Labute approximate surface area is 211 Å². The van der Waals surface area contributed by atoms with E-state index >= 15 is 0 Å². The summed E-state index contributed by atoms with van der Waals surface area (Å²) in [6, 6.07) is 13.3. The van der Waals surface area contributed by atoms with Crippen LogP contribution in [-0.2, 0) is 17.8 Å². The highest BCUT2D eigenvalue weighted by Crippen LogP contribution is 2.33. The largest absolute Gasteiger partial charge is 0.480 e. The van der Waals surface area contributed by atoms with E-state index < -0.39 is 5.97 Å². The zero-order valence-electron chi connectivity index (χ0n) is 20.7. The SMILES string of the molecule is O=C(O)CN1CCC(c2nn(CCc3ccc(F)cc3)c3cc(/C=C/C4CCNCC4)ccc23)CC1. The van der Waals surface area contributed by atoms with Crippen LogP contribution in [0.25, 0.3) is 17.0 Å². The minimum absolute atomic E-state index is 0.104. The molecule has 190 valence electrons. The van der Waals surface area contributed by atoms with E-state index in [1.807, 2.05) is 17.0 Å². The molecule has 0 saturated carbocycles. The van der Waals surface area contributed by atoms with Crippen LogP contribution in [0.15, 0.2) is 48.5 Å². The molecule has 3 aromatic rings. The van der Waals surface area contributed by atoms with Crippen molar-refractivity contribution in [3.63, 3.8) is 0 Å². The maximum absolute atomic E-state index is 13.4. The van der Waals surface area contributed by atoms with Crippen molar-refractivity contribution in [1.29, 1.82) is 0 Å². The molecule has 0 radical (unpaired) electrons. The monoisotopic (exact) mass is 490 g/mol.